The predicted molar refractivity (Wildman–Crippen MR) is 110 cm³/mol. The first-order chi connectivity index (χ1) is 14.5. The molecule has 0 atom stereocenters. The number of fused-ring (bicyclic) bond motifs is 1. The smallest absolute Gasteiger partial charge is 0.286 e. The molecular weight excluding hydrogens is 410 g/mol. The third-order valence-corrected chi connectivity index (χ3v) is 4.84. The van der Waals surface area contributed by atoms with E-state index in [1.54, 1.807) is 23.0 Å². The van der Waals surface area contributed by atoms with Crippen LogP contribution in [0.25, 0.3) is 11.0 Å². The highest BCUT2D eigenvalue weighted by atomic mass is 32.1. The van der Waals surface area contributed by atoms with Crippen molar-refractivity contribution >= 4 is 39.9 Å². The second-order valence-electron chi connectivity index (χ2n) is 6.10. The number of thiazole rings is 1. The highest BCUT2D eigenvalue weighted by molar-refractivity contribution is 7.07. The number of methoxy groups -OCH3 is 1. The number of ether oxygens (including phenoxy) is 2. The summed E-state index contributed by atoms with van der Waals surface area (Å²) in [6.07, 6.45) is 0. The number of anilines is 1. The number of nitrogens with one attached hydrogen (secondary N) is 2. The Morgan fingerprint density at radius 3 is 2.83 bits per heavy atom. The molecule has 10 nitrogen and oxygen atoms in total. The van der Waals surface area contributed by atoms with Crippen LogP contribution in [0.15, 0.2) is 47.3 Å². The summed E-state index contributed by atoms with van der Waals surface area (Å²) in [5.41, 5.74) is 3.12. The quantitative estimate of drug-likeness (QED) is 0.340. The van der Waals surface area contributed by atoms with E-state index in [9.17, 15) is 14.9 Å². The number of benzene rings is 2. The standard InChI is InChI=1S/C19H15N5O5S/c1-28-16-6-12(18(25)23-19-21-13-4-2-3-5-14(13)22-19)15(24(26)27)7-17(16)29-8-11-9-30-10-20-11/h2-7,9-10H,8H2,1H3,(H2,21,22,23,25). The van der Waals surface area contributed by atoms with Crippen LogP contribution in [0.5, 0.6) is 11.5 Å². The second-order valence-corrected chi connectivity index (χ2v) is 6.82. The van der Waals surface area contributed by atoms with Gasteiger partial charge in [-0.1, -0.05) is 12.1 Å². The van der Waals surface area contributed by atoms with Crippen LogP contribution < -0.4 is 14.8 Å². The number of nitro groups is 1. The SMILES string of the molecule is COc1cc(C(=O)Nc2nc3ccccc3[nH]2)c([N+](=O)[O-])cc1OCc1cscn1. The van der Waals surface area contributed by atoms with Crippen LogP contribution in [0.4, 0.5) is 11.6 Å². The molecule has 0 saturated carbocycles. The molecule has 2 N–H and O–H groups in total. The van der Waals surface area contributed by atoms with Crippen LogP contribution in [-0.4, -0.2) is 32.9 Å². The largest absolute Gasteiger partial charge is 0.493 e. The van der Waals surface area contributed by atoms with Gasteiger partial charge in [0.05, 0.1) is 40.3 Å². The molecule has 0 aliphatic carbocycles. The number of amides is 1. The Morgan fingerprint density at radius 2 is 2.13 bits per heavy atom. The zero-order chi connectivity index (χ0) is 21.1. The lowest BCUT2D eigenvalue weighted by atomic mass is 10.1. The average molecular weight is 425 g/mol. The van der Waals surface area contributed by atoms with Crippen LogP contribution in [-0.2, 0) is 6.61 Å². The van der Waals surface area contributed by atoms with Gasteiger partial charge in [0.15, 0.2) is 11.5 Å². The highest BCUT2D eigenvalue weighted by Crippen LogP contribution is 2.35. The van der Waals surface area contributed by atoms with Gasteiger partial charge in [-0.15, -0.1) is 11.3 Å². The van der Waals surface area contributed by atoms with Gasteiger partial charge in [-0.25, -0.2) is 9.97 Å². The van der Waals surface area contributed by atoms with Gasteiger partial charge in [-0.05, 0) is 12.1 Å². The lowest BCUT2D eigenvalue weighted by Crippen LogP contribution is -2.15. The second kappa shape index (κ2) is 8.17. The summed E-state index contributed by atoms with van der Waals surface area (Å²) in [5.74, 6) is -0.202. The summed E-state index contributed by atoms with van der Waals surface area (Å²) >= 11 is 1.41. The number of para-hydroxylation sites is 2. The number of aromatic nitrogens is 3. The molecule has 0 bridgehead atoms. The van der Waals surface area contributed by atoms with Gasteiger partial charge in [0, 0.05) is 11.4 Å². The molecule has 0 unspecified atom stereocenters. The number of nitrogens with zero attached hydrogens (tertiary/aromatic N) is 3. The minimum absolute atomic E-state index is 0.113. The number of H-pyrrole nitrogens is 1. The number of aromatic amines is 1. The molecule has 0 spiro atoms. The van der Waals surface area contributed by atoms with Gasteiger partial charge in [-0.3, -0.25) is 20.2 Å². The molecule has 4 aromatic rings. The zero-order valence-corrected chi connectivity index (χ0v) is 16.4. The van der Waals surface area contributed by atoms with Crippen molar-refractivity contribution in [2.75, 3.05) is 12.4 Å². The summed E-state index contributed by atoms with van der Waals surface area (Å²) in [4.78, 5) is 35.0. The molecule has 11 heteroatoms. The number of imidazole rings is 1. The zero-order valence-electron chi connectivity index (χ0n) is 15.6. The molecule has 152 valence electrons. The number of carbonyl (C=O) groups is 1. The number of hydrogen-bond acceptors (Lipinski definition) is 8. The van der Waals surface area contributed by atoms with Crippen molar-refractivity contribution in [2.45, 2.75) is 6.61 Å². The van der Waals surface area contributed by atoms with E-state index in [0.29, 0.717) is 11.2 Å². The normalized spacial score (nSPS) is 10.7. The van der Waals surface area contributed by atoms with E-state index in [2.05, 4.69) is 20.3 Å². The summed E-state index contributed by atoms with van der Waals surface area (Å²) in [7, 11) is 1.39. The van der Waals surface area contributed by atoms with Crippen LogP contribution in [0.1, 0.15) is 16.1 Å². The van der Waals surface area contributed by atoms with Gasteiger partial charge in [0.1, 0.15) is 12.2 Å². The Balaban J connectivity index is 1.63. The topological polar surface area (TPSA) is 132 Å². The van der Waals surface area contributed by atoms with Crippen LogP contribution in [0.2, 0.25) is 0 Å². The van der Waals surface area contributed by atoms with Crippen LogP contribution in [0, 0.1) is 10.1 Å². The average Bonchev–Trinajstić information content (AvgIpc) is 3.40. The third kappa shape index (κ3) is 3.91. The molecule has 2 heterocycles. The van der Waals surface area contributed by atoms with Crippen LogP contribution in [0.3, 0.4) is 0 Å². The van der Waals surface area contributed by atoms with Crippen LogP contribution >= 0.6 is 11.3 Å². The molecule has 0 radical (unpaired) electrons. The van der Waals surface area contributed by atoms with Crippen molar-refractivity contribution in [3.8, 4) is 11.5 Å². The Kier molecular flexibility index (Phi) is 5.26. The molecule has 1 amide bonds. The Labute approximate surface area is 173 Å². The Morgan fingerprint density at radius 1 is 1.30 bits per heavy atom. The maximum absolute atomic E-state index is 12.8. The number of hydrogen-bond donors (Lipinski definition) is 2. The first-order valence-corrected chi connectivity index (χ1v) is 9.62. The lowest BCUT2D eigenvalue weighted by molar-refractivity contribution is -0.385. The summed E-state index contributed by atoms with van der Waals surface area (Å²) < 4.78 is 10.9. The van der Waals surface area contributed by atoms with E-state index in [1.807, 2.05) is 12.1 Å². The fourth-order valence-corrected chi connectivity index (χ4v) is 3.34. The van der Waals surface area contributed by atoms with E-state index in [-0.39, 0.29) is 29.6 Å². The molecule has 4 rings (SSSR count). The van der Waals surface area contributed by atoms with Crippen molar-refractivity contribution in [2.24, 2.45) is 0 Å². The molecule has 0 aliphatic heterocycles. The highest BCUT2D eigenvalue weighted by Gasteiger charge is 2.25. The first-order valence-electron chi connectivity index (χ1n) is 8.67. The molecule has 2 aromatic carbocycles. The van der Waals surface area contributed by atoms with Crippen molar-refractivity contribution in [3.05, 3.63) is 68.7 Å². The van der Waals surface area contributed by atoms with Gasteiger partial charge in [0.25, 0.3) is 11.6 Å². The monoisotopic (exact) mass is 425 g/mol. The summed E-state index contributed by atoms with van der Waals surface area (Å²) in [6, 6.07) is 9.66. The van der Waals surface area contributed by atoms with Crippen molar-refractivity contribution in [3.63, 3.8) is 0 Å². The van der Waals surface area contributed by atoms with Crippen molar-refractivity contribution in [1.29, 1.82) is 0 Å². The molecular formula is C19H15N5O5S. The molecule has 2 aromatic heterocycles. The summed E-state index contributed by atoms with van der Waals surface area (Å²) in [6.45, 7) is 0.113. The predicted octanol–water partition coefficient (Wildman–Crippen LogP) is 3.77. The van der Waals surface area contributed by atoms with E-state index in [0.717, 1.165) is 5.52 Å². The van der Waals surface area contributed by atoms with Gasteiger partial charge in [-0.2, -0.15) is 0 Å². The van der Waals surface area contributed by atoms with Gasteiger partial charge in [0.2, 0.25) is 5.95 Å². The Hall–Kier alpha value is -3.99. The number of carbonyl (C=O) groups excluding carboxylic acids is 1. The molecule has 0 saturated heterocycles. The van der Waals surface area contributed by atoms with Gasteiger partial charge >= 0.3 is 0 Å². The van der Waals surface area contributed by atoms with E-state index < -0.39 is 16.5 Å². The minimum atomic E-state index is -0.704. The molecule has 0 aliphatic rings. The van der Waals surface area contributed by atoms with Gasteiger partial charge < -0.3 is 14.5 Å². The maximum Gasteiger partial charge on any atom is 0.286 e. The molecule has 0 fully saturated rings. The first kappa shape index (κ1) is 19.3. The van der Waals surface area contributed by atoms with E-state index in [1.165, 1.54) is 30.6 Å². The Bertz CT molecular complexity index is 1190. The third-order valence-electron chi connectivity index (χ3n) is 4.20. The lowest BCUT2D eigenvalue weighted by Gasteiger charge is -2.12. The van der Waals surface area contributed by atoms with E-state index in [4.69, 9.17) is 9.47 Å². The van der Waals surface area contributed by atoms with E-state index >= 15 is 0 Å². The number of rotatable bonds is 7. The minimum Gasteiger partial charge on any atom is -0.493 e. The fourth-order valence-electron chi connectivity index (χ4n) is 2.80. The molecule has 30 heavy (non-hydrogen) atoms. The fraction of sp³-hybridized carbons (Fsp3) is 0.105. The van der Waals surface area contributed by atoms with Crippen molar-refractivity contribution in [1.82, 2.24) is 15.0 Å². The number of nitro benzene ring substituents is 1. The van der Waals surface area contributed by atoms with Crippen molar-refractivity contribution < 1.29 is 19.2 Å². The maximum atomic E-state index is 12.8. The summed E-state index contributed by atoms with van der Waals surface area (Å²) in [5, 5.41) is 16.0.